The number of amides is 7. The number of furan rings is 1. The number of hydrogen-bond acceptors (Lipinski definition) is 19. The fourth-order valence-electron chi connectivity index (χ4n) is 6.09. The molecular weight excluding hydrogens is 824 g/mol. The molecule has 0 aliphatic carbocycles. The number of alkyl carbamates (subject to hydrolysis) is 1. The van der Waals surface area contributed by atoms with Crippen molar-refractivity contribution in [3.05, 3.63) is 58.5 Å². The van der Waals surface area contributed by atoms with Gasteiger partial charge in [0.15, 0.2) is 5.76 Å². The van der Waals surface area contributed by atoms with Gasteiger partial charge in [0.1, 0.15) is 61.7 Å². The molecule has 6 rings (SSSR count). The first kappa shape index (κ1) is 43.6. The van der Waals surface area contributed by atoms with Crippen LogP contribution in [0.4, 0.5) is 9.59 Å². The van der Waals surface area contributed by atoms with Crippen molar-refractivity contribution in [3.63, 3.8) is 0 Å². The molecule has 4 atom stereocenters. The molecule has 7 amide bonds. The number of ether oxygens (including phenoxy) is 3. The maximum Gasteiger partial charge on any atom is 1.00 e. The molecule has 23 nitrogen and oxygen atoms in total. The molecule has 26 heteroatoms. The number of nitrogens with one attached hydrogen (secondary N) is 3. The molecule has 58 heavy (non-hydrogen) atoms. The third-order valence-electron chi connectivity index (χ3n) is 8.55. The molecule has 0 aromatic carbocycles. The standard InChI is InChI=1S/C32H32N8O15S2.Na/c1-50-37-17(15-5-3-7-52-15)23(41)34-19-26(44)39-21(13(9-54-31(33)48)11-56-28(19)39)25(43)36-32(49)55-10-14-12-57-29-20(27(45)40(29)22(14)30(46)47)35-24(42)18(38-51-2)16-6-4-8-53-16;/h4-6,8,19-20,28-29H,3,7,9-12H2,1-2H3,(H2,33,48)(H,34,41)(H,35,42)(H,46,47)(H,36,43,49);/q;+1/p-1/b37-17-,38-18-;/t19-,20-,28-,29-;/m1./s1. The van der Waals surface area contributed by atoms with Crippen LogP contribution in [0.15, 0.2) is 67.5 Å². The number of imide groups is 1. The molecule has 2 fully saturated rings. The first-order valence-corrected chi connectivity index (χ1v) is 18.6. The number of β-lactam (4-membered cyclic amide) rings is 2. The monoisotopic (exact) mass is 854 g/mol. The number of nitrogens with zero attached hydrogens (tertiary/aromatic N) is 4. The number of rotatable bonds is 14. The number of fused-ring (bicyclic) bond motifs is 2. The molecule has 5 aliphatic rings. The Morgan fingerprint density at radius 1 is 0.897 bits per heavy atom. The van der Waals surface area contributed by atoms with Gasteiger partial charge >= 0.3 is 41.7 Å². The third-order valence-corrected chi connectivity index (χ3v) is 11.2. The topological polar surface area (TPSA) is 312 Å². The summed E-state index contributed by atoms with van der Waals surface area (Å²) in [4.78, 5) is 114. The van der Waals surface area contributed by atoms with E-state index in [4.69, 9.17) is 34.0 Å². The number of thioether (sulfide) groups is 2. The van der Waals surface area contributed by atoms with Gasteiger partial charge in [-0.15, -0.1) is 23.5 Å². The predicted molar refractivity (Wildman–Crippen MR) is 189 cm³/mol. The molecule has 6 heterocycles. The summed E-state index contributed by atoms with van der Waals surface area (Å²) in [5.74, 6) is -6.03. The minimum atomic E-state index is -1.77. The van der Waals surface area contributed by atoms with Gasteiger partial charge in [0.2, 0.25) is 11.4 Å². The minimum absolute atomic E-state index is 0. The first-order chi connectivity index (χ1) is 27.4. The van der Waals surface area contributed by atoms with Crippen LogP contribution in [0, 0.1) is 0 Å². The summed E-state index contributed by atoms with van der Waals surface area (Å²) < 4.78 is 20.6. The quantitative estimate of drug-likeness (QED) is 0.0587. The van der Waals surface area contributed by atoms with Crippen LogP contribution in [0.3, 0.4) is 0 Å². The number of carbonyl (C=O) groups is 8. The van der Waals surface area contributed by atoms with Gasteiger partial charge in [0.05, 0.1) is 24.5 Å². The Bertz CT molecular complexity index is 2070. The van der Waals surface area contributed by atoms with Gasteiger partial charge in [0.25, 0.3) is 29.5 Å². The van der Waals surface area contributed by atoms with Crippen LogP contribution in [-0.2, 0) is 52.7 Å². The van der Waals surface area contributed by atoms with Crippen LogP contribution in [0.1, 0.15) is 12.2 Å². The average Bonchev–Trinajstić information content (AvgIpc) is 3.93. The van der Waals surface area contributed by atoms with Crippen molar-refractivity contribution in [1.82, 2.24) is 25.8 Å². The van der Waals surface area contributed by atoms with E-state index in [-0.39, 0.29) is 80.8 Å². The van der Waals surface area contributed by atoms with E-state index < -0.39 is 89.4 Å². The van der Waals surface area contributed by atoms with Crippen LogP contribution in [0.5, 0.6) is 0 Å². The average molecular weight is 855 g/mol. The maximum atomic E-state index is 13.5. The molecule has 2 saturated heterocycles. The normalized spacial score (nSPS) is 22.4. The molecule has 5 N–H and O–H groups in total. The van der Waals surface area contributed by atoms with Gasteiger partial charge in [-0.25, -0.2) is 9.59 Å². The van der Waals surface area contributed by atoms with E-state index in [1.54, 1.807) is 6.08 Å². The number of primary amides is 1. The molecule has 5 aliphatic heterocycles. The zero-order valence-electron chi connectivity index (χ0n) is 30.7. The van der Waals surface area contributed by atoms with E-state index in [9.17, 15) is 43.5 Å². The van der Waals surface area contributed by atoms with Crippen LogP contribution in [0.2, 0.25) is 0 Å². The van der Waals surface area contributed by atoms with Crippen molar-refractivity contribution >= 4 is 82.6 Å². The van der Waals surface area contributed by atoms with Gasteiger partial charge in [-0.2, -0.15) is 0 Å². The van der Waals surface area contributed by atoms with E-state index in [1.165, 1.54) is 32.6 Å². The van der Waals surface area contributed by atoms with Crippen molar-refractivity contribution in [1.29, 1.82) is 0 Å². The van der Waals surface area contributed by atoms with Gasteiger partial charge < -0.3 is 54.6 Å². The maximum absolute atomic E-state index is 13.5. The van der Waals surface area contributed by atoms with Crippen molar-refractivity contribution in [2.24, 2.45) is 16.0 Å². The van der Waals surface area contributed by atoms with Crippen LogP contribution < -0.4 is 56.3 Å². The molecule has 0 unspecified atom stereocenters. The molecular formula is C32H31N8NaO15S2. The van der Waals surface area contributed by atoms with E-state index in [0.29, 0.717) is 13.0 Å². The third kappa shape index (κ3) is 8.81. The zero-order chi connectivity index (χ0) is 41.0. The molecule has 0 radical (unpaired) electrons. The van der Waals surface area contributed by atoms with E-state index >= 15 is 0 Å². The van der Waals surface area contributed by atoms with E-state index in [0.717, 1.165) is 33.3 Å². The Morgan fingerprint density at radius 2 is 1.47 bits per heavy atom. The Hall–Kier alpha value is -5.50. The molecule has 0 saturated carbocycles. The van der Waals surface area contributed by atoms with Gasteiger partial charge in [0, 0.05) is 29.1 Å². The number of hydrogen-bond donors (Lipinski definition) is 4. The van der Waals surface area contributed by atoms with Crippen molar-refractivity contribution in [3.8, 4) is 0 Å². The summed E-state index contributed by atoms with van der Waals surface area (Å²) >= 11 is 2.16. The first-order valence-electron chi connectivity index (χ1n) is 16.5. The Balaban J connectivity index is 0.00000641. The van der Waals surface area contributed by atoms with Crippen molar-refractivity contribution in [2.45, 2.75) is 29.3 Å². The second-order valence-electron chi connectivity index (χ2n) is 12.0. The fourth-order valence-corrected chi connectivity index (χ4v) is 8.74. The van der Waals surface area contributed by atoms with Crippen LogP contribution >= 0.6 is 23.5 Å². The van der Waals surface area contributed by atoms with Crippen molar-refractivity contribution in [2.75, 3.05) is 45.5 Å². The molecule has 0 bridgehead atoms. The van der Waals surface area contributed by atoms with Gasteiger partial charge in [-0.1, -0.05) is 10.3 Å². The SMILES string of the molecule is CO/N=C(\C(=O)N[C@@H]1C(=O)N2C(C(=O)NC(=O)OCC3=C(C(=O)[O-])N4C(=O)[C@@H](NC(=O)/C(=N\OC)c5ccco5)[C@H]4SC3)=C(COC(N)=O)CS[C@H]12)C1=CCCO1.[Na+]. The van der Waals surface area contributed by atoms with Crippen LogP contribution in [0.25, 0.3) is 0 Å². The molecule has 1 aromatic rings. The van der Waals surface area contributed by atoms with Crippen molar-refractivity contribution < 1.29 is 101 Å². The largest absolute Gasteiger partial charge is 1.00 e. The van der Waals surface area contributed by atoms with Gasteiger partial charge in [-0.3, -0.25) is 39.1 Å². The fraction of sp³-hybridized carbons (Fsp3) is 0.375. The molecule has 0 spiro atoms. The van der Waals surface area contributed by atoms with E-state index in [2.05, 4.69) is 20.9 Å². The second-order valence-corrected chi connectivity index (χ2v) is 14.2. The summed E-state index contributed by atoms with van der Waals surface area (Å²) in [5.41, 5.74) is 3.66. The predicted octanol–water partition coefficient (Wildman–Crippen LogP) is -5.65. The number of nitrogens with two attached hydrogens (primary N) is 1. The minimum Gasteiger partial charge on any atom is -0.543 e. The molecule has 1 aromatic heterocycles. The molecule has 302 valence electrons. The Morgan fingerprint density at radius 3 is 2.00 bits per heavy atom. The summed E-state index contributed by atoms with van der Waals surface area (Å²) in [6, 6.07) is 0.618. The van der Waals surface area contributed by atoms with E-state index in [1.807, 2.05) is 5.32 Å². The number of carbonyl (C=O) groups excluding carboxylic acids is 8. The summed E-state index contributed by atoms with van der Waals surface area (Å²) in [6.45, 7) is -0.931. The number of oxime groups is 2. The smallest absolute Gasteiger partial charge is 0.543 e. The Labute approximate surface area is 357 Å². The summed E-state index contributed by atoms with van der Waals surface area (Å²) in [6.07, 6.45) is 0.892. The van der Waals surface area contributed by atoms with Crippen LogP contribution in [-0.4, -0.2) is 137 Å². The zero-order valence-corrected chi connectivity index (χ0v) is 34.3. The number of carboxylic acids is 1. The Kier molecular flexibility index (Phi) is 14.2. The summed E-state index contributed by atoms with van der Waals surface area (Å²) in [7, 11) is 2.43. The van der Waals surface area contributed by atoms with Gasteiger partial charge in [-0.05, 0) is 18.2 Å². The second kappa shape index (κ2) is 18.8. The summed E-state index contributed by atoms with van der Waals surface area (Å²) in [5, 5.41) is 24.8. The number of aliphatic carboxylic acids is 1. The number of carboxylic acid groups (broad SMARTS) is 1.